The van der Waals surface area contributed by atoms with Crippen molar-refractivity contribution in [3.63, 3.8) is 0 Å². The molecule has 1 aliphatic heterocycles. The van der Waals surface area contributed by atoms with Gasteiger partial charge >= 0.3 is 0 Å². The van der Waals surface area contributed by atoms with Crippen LogP contribution in [0.25, 0.3) is 0 Å². The molecule has 2 heterocycles. The molecule has 0 aliphatic carbocycles. The van der Waals surface area contributed by atoms with Crippen molar-refractivity contribution in [2.45, 2.75) is 31.2 Å². The summed E-state index contributed by atoms with van der Waals surface area (Å²) in [5.74, 6) is 0.0822. The van der Waals surface area contributed by atoms with Crippen LogP contribution in [0.1, 0.15) is 30.5 Å². The molecule has 0 saturated carbocycles. The molecule has 0 bridgehead atoms. The Labute approximate surface area is 134 Å². The number of amides is 1. The molecule has 5 heteroatoms. The normalized spacial score (nSPS) is 17.1. The van der Waals surface area contributed by atoms with E-state index in [0.717, 1.165) is 18.5 Å². The molecule has 0 atom stereocenters. The van der Waals surface area contributed by atoms with Crippen molar-refractivity contribution in [1.82, 2.24) is 10.3 Å². The van der Waals surface area contributed by atoms with Gasteiger partial charge in [0.2, 0.25) is 5.91 Å². The zero-order valence-corrected chi connectivity index (χ0v) is 13.3. The number of hydrogen-bond donors (Lipinski definition) is 1. The van der Waals surface area contributed by atoms with Crippen LogP contribution >= 0.6 is 11.3 Å². The van der Waals surface area contributed by atoms with Crippen molar-refractivity contribution >= 4 is 17.2 Å². The van der Waals surface area contributed by atoms with Crippen molar-refractivity contribution in [1.29, 1.82) is 0 Å². The van der Waals surface area contributed by atoms with E-state index in [1.807, 2.05) is 23.6 Å². The number of ether oxygens (including phenoxy) is 1. The minimum absolute atomic E-state index is 0.0822. The van der Waals surface area contributed by atoms with Crippen molar-refractivity contribution in [3.05, 3.63) is 52.5 Å². The molecule has 22 heavy (non-hydrogen) atoms. The quantitative estimate of drug-likeness (QED) is 0.923. The van der Waals surface area contributed by atoms with Gasteiger partial charge in [0.1, 0.15) is 0 Å². The predicted molar refractivity (Wildman–Crippen MR) is 86.8 cm³/mol. The van der Waals surface area contributed by atoms with Gasteiger partial charge in [-0.25, -0.2) is 4.98 Å². The Kier molecular flexibility index (Phi) is 4.85. The standard InChI is InChI=1S/C17H20N2O2S/c20-16(7-6-15-12-22-13-18-15)19-17(8-10-21-11-9-17)14-4-2-1-3-5-14/h1-5,12-13H,6-11H2,(H,19,20). The summed E-state index contributed by atoms with van der Waals surface area (Å²) >= 11 is 1.56. The first kappa shape index (κ1) is 15.2. The van der Waals surface area contributed by atoms with Crippen molar-refractivity contribution in [2.75, 3.05) is 13.2 Å². The number of rotatable bonds is 5. The summed E-state index contributed by atoms with van der Waals surface area (Å²) in [6.07, 6.45) is 2.80. The highest BCUT2D eigenvalue weighted by Gasteiger charge is 2.35. The van der Waals surface area contributed by atoms with E-state index in [2.05, 4.69) is 22.4 Å². The maximum absolute atomic E-state index is 12.4. The summed E-state index contributed by atoms with van der Waals surface area (Å²) in [5.41, 5.74) is 3.66. The van der Waals surface area contributed by atoms with Gasteiger partial charge in [-0.2, -0.15) is 0 Å². The van der Waals surface area contributed by atoms with E-state index in [1.54, 1.807) is 16.8 Å². The summed E-state index contributed by atoms with van der Waals surface area (Å²) in [7, 11) is 0. The molecule has 0 spiro atoms. The number of hydrogen-bond acceptors (Lipinski definition) is 4. The third-order valence-electron chi connectivity index (χ3n) is 4.14. The minimum Gasteiger partial charge on any atom is -0.381 e. The average molecular weight is 316 g/mol. The highest BCUT2D eigenvalue weighted by Crippen LogP contribution is 2.32. The summed E-state index contributed by atoms with van der Waals surface area (Å²) < 4.78 is 5.49. The van der Waals surface area contributed by atoms with E-state index in [9.17, 15) is 4.79 Å². The number of nitrogens with zero attached hydrogens (tertiary/aromatic N) is 1. The fourth-order valence-electron chi connectivity index (χ4n) is 2.89. The fourth-order valence-corrected chi connectivity index (χ4v) is 3.49. The van der Waals surface area contributed by atoms with Gasteiger partial charge < -0.3 is 10.1 Å². The first-order valence-electron chi connectivity index (χ1n) is 7.60. The van der Waals surface area contributed by atoms with Gasteiger partial charge in [-0.05, 0) is 24.8 Å². The molecular weight excluding hydrogens is 296 g/mol. The molecule has 0 unspecified atom stereocenters. The Balaban J connectivity index is 1.69. The average Bonchev–Trinajstić information content (AvgIpc) is 3.08. The largest absolute Gasteiger partial charge is 0.381 e. The predicted octanol–water partition coefficient (Wildman–Crippen LogP) is 2.90. The summed E-state index contributed by atoms with van der Waals surface area (Å²) in [4.78, 5) is 16.6. The molecule has 1 aromatic carbocycles. The molecular formula is C17H20N2O2S. The van der Waals surface area contributed by atoms with E-state index >= 15 is 0 Å². The third-order valence-corrected chi connectivity index (χ3v) is 4.78. The number of aromatic nitrogens is 1. The summed E-state index contributed by atoms with van der Waals surface area (Å²) in [5, 5.41) is 5.26. The number of carbonyl (C=O) groups is 1. The van der Waals surface area contributed by atoms with Crippen LogP contribution in [0.15, 0.2) is 41.2 Å². The van der Waals surface area contributed by atoms with Gasteiger partial charge in [0.25, 0.3) is 0 Å². The van der Waals surface area contributed by atoms with Crippen LogP contribution in [0.4, 0.5) is 0 Å². The van der Waals surface area contributed by atoms with Gasteiger partial charge in [0.05, 0.1) is 16.7 Å². The van der Waals surface area contributed by atoms with E-state index in [1.165, 1.54) is 5.56 Å². The summed E-state index contributed by atoms with van der Waals surface area (Å²) in [6.45, 7) is 1.36. The first-order valence-corrected chi connectivity index (χ1v) is 8.54. The molecule has 1 aromatic heterocycles. The van der Waals surface area contributed by atoms with Gasteiger partial charge in [-0.15, -0.1) is 11.3 Å². The van der Waals surface area contributed by atoms with Crippen LogP contribution in [0.5, 0.6) is 0 Å². The molecule has 0 radical (unpaired) electrons. The minimum atomic E-state index is -0.293. The SMILES string of the molecule is O=C(CCc1cscn1)NC1(c2ccccc2)CCOCC1. The molecule has 1 saturated heterocycles. The molecule has 3 rings (SSSR count). The highest BCUT2D eigenvalue weighted by atomic mass is 32.1. The van der Waals surface area contributed by atoms with Gasteiger partial charge in [-0.3, -0.25) is 4.79 Å². The molecule has 4 nitrogen and oxygen atoms in total. The van der Waals surface area contributed by atoms with Crippen LogP contribution in [0, 0.1) is 0 Å². The second-order valence-corrected chi connectivity index (χ2v) is 6.31. The fraction of sp³-hybridized carbons (Fsp3) is 0.412. The smallest absolute Gasteiger partial charge is 0.221 e. The number of carbonyl (C=O) groups excluding carboxylic acids is 1. The van der Waals surface area contributed by atoms with E-state index in [0.29, 0.717) is 26.1 Å². The maximum Gasteiger partial charge on any atom is 0.221 e. The topological polar surface area (TPSA) is 51.2 Å². The molecule has 1 N–H and O–H groups in total. The Hall–Kier alpha value is -1.72. The number of aryl methyl sites for hydroxylation is 1. The van der Waals surface area contributed by atoms with E-state index < -0.39 is 0 Å². The lowest BCUT2D eigenvalue weighted by Gasteiger charge is -2.38. The van der Waals surface area contributed by atoms with Crippen LogP contribution in [0.2, 0.25) is 0 Å². The summed E-state index contributed by atoms with van der Waals surface area (Å²) in [6, 6.07) is 10.2. The van der Waals surface area contributed by atoms with E-state index in [4.69, 9.17) is 4.74 Å². The van der Waals surface area contributed by atoms with Gasteiger partial charge in [0.15, 0.2) is 0 Å². The lowest BCUT2D eigenvalue weighted by molar-refractivity contribution is -0.124. The van der Waals surface area contributed by atoms with Crippen molar-refractivity contribution in [2.24, 2.45) is 0 Å². The Morgan fingerprint density at radius 1 is 1.27 bits per heavy atom. The van der Waals surface area contributed by atoms with Crippen LogP contribution in [-0.4, -0.2) is 24.1 Å². The van der Waals surface area contributed by atoms with Crippen LogP contribution in [0.3, 0.4) is 0 Å². The molecule has 1 aliphatic rings. The Morgan fingerprint density at radius 2 is 2.05 bits per heavy atom. The number of benzene rings is 1. The first-order chi connectivity index (χ1) is 10.8. The Morgan fingerprint density at radius 3 is 2.73 bits per heavy atom. The molecule has 116 valence electrons. The van der Waals surface area contributed by atoms with Crippen LogP contribution < -0.4 is 5.32 Å². The van der Waals surface area contributed by atoms with Gasteiger partial charge in [-0.1, -0.05) is 30.3 Å². The molecule has 1 fully saturated rings. The zero-order chi connectivity index (χ0) is 15.3. The van der Waals surface area contributed by atoms with Crippen LogP contribution in [-0.2, 0) is 21.5 Å². The maximum atomic E-state index is 12.4. The number of nitrogens with one attached hydrogen (secondary N) is 1. The second-order valence-electron chi connectivity index (χ2n) is 5.59. The van der Waals surface area contributed by atoms with Crippen molar-refractivity contribution < 1.29 is 9.53 Å². The molecule has 1 amide bonds. The monoisotopic (exact) mass is 316 g/mol. The zero-order valence-electron chi connectivity index (χ0n) is 12.5. The second kappa shape index (κ2) is 7.03. The Bertz CT molecular complexity index is 592. The number of thiazole rings is 1. The van der Waals surface area contributed by atoms with Gasteiger partial charge in [0, 0.05) is 25.0 Å². The lowest BCUT2D eigenvalue weighted by atomic mass is 9.82. The van der Waals surface area contributed by atoms with E-state index in [-0.39, 0.29) is 11.4 Å². The molecule has 2 aromatic rings. The van der Waals surface area contributed by atoms with Crippen molar-refractivity contribution in [3.8, 4) is 0 Å². The lowest BCUT2D eigenvalue weighted by Crippen LogP contribution is -2.49. The highest BCUT2D eigenvalue weighted by molar-refractivity contribution is 7.07. The third kappa shape index (κ3) is 3.54.